The molecule has 0 aromatic heterocycles. The summed E-state index contributed by atoms with van der Waals surface area (Å²) in [5.41, 5.74) is 0.174. The molecule has 0 spiro atoms. The van der Waals surface area contributed by atoms with Gasteiger partial charge in [0.25, 0.3) is 0 Å². The van der Waals surface area contributed by atoms with Crippen molar-refractivity contribution in [2.24, 2.45) is 22.2 Å². The van der Waals surface area contributed by atoms with Crippen molar-refractivity contribution in [2.45, 2.75) is 94.5 Å². The third-order valence-electron chi connectivity index (χ3n) is 3.61. The van der Waals surface area contributed by atoms with Gasteiger partial charge in [-0.3, -0.25) is 4.79 Å². The second-order valence-corrected chi connectivity index (χ2v) is 10.8. The number of hydrogen-bond acceptors (Lipinski definition) is 1. The van der Waals surface area contributed by atoms with Crippen LogP contribution in [0.3, 0.4) is 0 Å². The molecule has 0 bridgehead atoms. The van der Waals surface area contributed by atoms with Gasteiger partial charge in [0.05, 0.1) is 0 Å². The van der Waals surface area contributed by atoms with Gasteiger partial charge in [0.1, 0.15) is 0 Å². The van der Waals surface area contributed by atoms with E-state index >= 15 is 0 Å². The van der Waals surface area contributed by atoms with E-state index in [-0.39, 0.29) is 33.6 Å². The van der Waals surface area contributed by atoms with Gasteiger partial charge >= 0.3 is 0 Å². The Kier molecular flexibility index (Phi) is 6.14. The van der Waals surface area contributed by atoms with E-state index in [4.69, 9.17) is 0 Å². The summed E-state index contributed by atoms with van der Waals surface area (Å²) < 4.78 is 0. The molecule has 1 N–H and O–H groups in total. The summed E-state index contributed by atoms with van der Waals surface area (Å²) in [5.74, 6) is 0.239. The van der Waals surface area contributed by atoms with E-state index in [0.717, 1.165) is 12.8 Å². The summed E-state index contributed by atoms with van der Waals surface area (Å²) >= 11 is 0. The third-order valence-corrected chi connectivity index (χ3v) is 3.61. The van der Waals surface area contributed by atoms with Gasteiger partial charge in [0.2, 0.25) is 5.91 Å². The number of carbonyl (C=O) groups is 1. The third kappa shape index (κ3) is 9.16. The standard InChI is InChI=1S/C19H39NO/c1-16(2,3)12-14(18(7,8)9)15(21)20-19(10,11)13-17(4,5)6/h14H,12-13H2,1-11H3,(H,20,21). The molecule has 0 aliphatic heterocycles. The summed E-state index contributed by atoms with van der Waals surface area (Å²) in [5, 5.41) is 3.30. The minimum Gasteiger partial charge on any atom is -0.351 e. The molecule has 0 heterocycles. The largest absolute Gasteiger partial charge is 0.351 e. The summed E-state index contributed by atoms with van der Waals surface area (Å²) in [7, 11) is 0. The Morgan fingerprint density at radius 2 is 1.24 bits per heavy atom. The first-order chi connectivity index (χ1) is 8.93. The Morgan fingerprint density at radius 1 is 0.810 bits per heavy atom. The number of carbonyl (C=O) groups excluding carboxylic acids is 1. The van der Waals surface area contributed by atoms with Crippen molar-refractivity contribution in [1.82, 2.24) is 5.32 Å². The smallest absolute Gasteiger partial charge is 0.224 e. The first-order valence-corrected chi connectivity index (χ1v) is 8.25. The molecule has 21 heavy (non-hydrogen) atoms. The summed E-state index contributed by atoms with van der Waals surface area (Å²) in [6, 6.07) is 0. The lowest BCUT2D eigenvalue weighted by atomic mass is 9.71. The second-order valence-electron chi connectivity index (χ2n) is 10.8. The molecule has 126 valence electrons. The zero-order chi connectivity index (χ0) is 17.3. The molecule has 0 aromatic rings. The Hall–Kier alpha value is -0.530. The zero-order valence-electron chi connectivity index (χ0n) is 16.4. The van der Waals surface area contributed by atoms with Crippen LogP contribution in [0.2, 0.25) is 0 Å². The van der Waals surface area contributed by atoms with E-state index in [1.165, 1.54) is 0 Å². The molecule has 0 aromatic carbocycles. The van der Waals surface area contributed by atoms with Gasteiger partial charge in [-0.05, 0) is 42.9 Å². The molecule has 1 atom stereocenters. The quantitative estimate of drug-likeness (QED) is 0.738. The van der Waals surface area contributed by atoms with E-state index in [1.54, 1.807) is 0 Å². The fourth-order valence-electron chi connectivity index (χ4n) is 3.20. The highest BCUT2D eigenvalue weighted by molar-refractivity contribution is 5.80. The lowest BCUT2D eigenvalue weighted by molar-refractivity contribution is -0.131. The highest BCUT2D eigenvalue weighted by Crippen LogP contribution is 2.37. The summed E-state index contributed by atoms with van der Waals surface area (Å²) in [4.78, 5) is 12.9. The fourth-order valence-corrected chi connectivity index (χ4v) is 3.20. The van der Waals surface area contributed by atoms with E-state index in [0.29, 0.717) is 0 Å². The maximum absolute atomic E-state index is 12.9. The second kappa shape index (κ2) is 6.30. The number of hydrogen-bond donors (Lipinski definition) is 1. The first kappa shape index (κ1) is 20.5. The van der Waals surface area contributed by atoms with E-state index < -0.39 is 0 Å². The molecular formula is C19H39NO. The van der Waals surface area contributed by atoms with Gasteiger partial charge in [0, 0.05) is 11.5 Å². The van der Waals surface area contributed by atoms with Crippen LogP contribution >= 0.6 is 0 Å². The molecule has 1 amide bonds. The average Bonchev–Trinajstić information content (AvgIpc) is 2.05. The van der Waals surface area contributed by atoms with Gasteiger partial charge in [-0.2, -0.15) is 0 Å². The van der Waals surface area contributed by atoms with Crippen molar-refractivity contribution in [2.75, 3.05) is 0 Å². The van der Waals surface area contributed by atoms with Crippen molar-refractivity contribution >= 4 is 5.91 Å². The highest BCUT2D eigenvalue weighted by Gasteiger charge is 2.37. The van der Waals surface area contributed by atoms with Crippen LogP contribution in [0.1, 0.15) is 89.0 Å². The SMILES string of the molecule is CC(C)(C)CC(C(=O)NC(C)(C)CC(C)(C)C)C(C)(C)C. The van der Waals surface area contributed by atoms with Crippen molar-refractivity contribution in [1.29, 1.82) is 0 Å². The molecule has 0 aliphatic rings. The van der Waals surface area contributed by atoms with Gasteiger partial charge in [0.15, 0.2) is 0 Å². The van der Waals surface area contributed by atoms with Crippen molar-refractivity contribution < 1.29 is 4.79 Å². The van der Waals surface area contributed by atoms with Crippen molar-refractivity contribution in [3.63, 3.8) is 0 Å². The molecule has 0 saturated carbocycles. The lowest BCUT2D eigenvalue weighted by Crippen LogP contribution is -2.50. The molecule has 1 unspecified atom stereocenters. The van der Waals surface area contributed by atoms with Crippen molar-refractivity contribution in [3.8, 4) is 0 Å². The first-order valence-electron chi connectivity index (χ1n) is 8.25. The van der Waals surface area contributed by atoms with Gasteiger partial charge < -0.3 is 5.32 Å². The molecule has 2 nitrogen and oxygen atoms in total. The van der Waals surface area contributed by atoms with Crippen LogP contribution < -0.4 is 5.32 Å². The highest BCUT2D eigenvalue weighted by atomic mass is 16.2. The van der Waals surface area contributed by atoms with Crippen LogP contribution in [0.4, 0.5) is 0 Å². The molecule has 2 heteroatoms. The predicted octanol–water partition coefficient (Wildman–Crippen LogP) is 5.42. The average molecular weight is 298 g/mol. The zero-order valence-corrected chi connectivity index (χ0v) is 16.4. The van der Waals surface area contributed by atoms with Gasteiger partial charge in [-0.1, -0.05) is 62.3 Å². The lowest BCUT2D eigenvalue weighted by Gasteiger charge is -2.39. The Labute approximate surface area is 133 Å². The van der Waals surface area contributed by atoms with Crippen LogP contribution in [0.5, 0.6) is 0 Å². The number of nitrogens with one attached hydrogen (secondary N) is 1. The molecule has 0 saturated heterocycles. The number of rotatable bonds is 4. The molecule has 0 rings (SSSR count). The van der Waals surface area contributed by atoms with Crippen LogP contribution in [-0.4, -0.2) is 11.4 Å². The molecular weight excluding hydrogens is 258 g/mol. The normalized spacial score (nSPS) is 15.8. The Morgan fingerprint density at radius 3 is 1.52 bits per heavy atom. The van der Waals surface area contributed by atoms with Crippen molar-refractivity contribution in [3.05, 3.63) is 0 Å². The maximum atomic E-state index is 12.9. The Bertz CT molecular complexity index is 347. The summed E-state index contributed by atoms with van der Waals surface area (Å²) in [6.07, 6.45) is 1.88. The van der Waals surface area contributed by atoms with E-state index in [1.807, 2.05) is 0 Å². The molecule has 0 radical (unpaired) electrons. The van der Waals surface area contributed by atoms with E-state index in [9.17, 15) is 4.79 Å². The maximum Gasteiger partial charge on any atom is 0.224 e. The van der Waals surface area contributed by atoms with Crippen LogP contribution in [0, 0.1) is 22.2 Å². The Balaban J connectivity index is 5.08. The van der Waals surface area contributed by atoms with E-state index in [2.05, 4.69) is 81.5 Å². The van der Waals surface area contributed by atoms with Gasteiger partial charge in [-0.15, -0.1) is 0 Å². The molecule has 0 aliphatic carbocycles. The van der Waals surface area contributed by atoms with Crippen LogP contribution in [0.15, 0.2) is 0 Å². The summed E-state index contributed by atoms with van der Waals surface area (Å²) in [6.45, 7) is 24.0. The monoisotopic (exact) mass is 297 g/mol. The number of amides is 1. The fraction of sp³-hybridized carbons (Fsp3) is 0.947. The molecule has 0 fully saturated rings. The van der Waals surface area contributed by atoms with Crippen LogP contribution in [0.25, 0.3) is 0 Å². The topological polar surface area (TPSA) is 29.1 Å². The minimum absolute atomic E-state index is 0.0187. The minimum atomic E-state index is -0.170. The van der Waals surface area contributed by atoms with Crippen LogP contribution in [-0.2, 0) is 4.79 Å². The predicted molar refractivity (Wildman–Crippen MR) is 93.3 cm³/mol. The van der Waals surface area contributed by atoms with Gasteiger partial charge in [-0.25, -0.2) is 0 Å².